The summed E-state index contributed by atoms with van der Waals surface area (Å²) in [4.78, 5) is 2.73. The molecule has 0 amide bonds. The smallest absolute Gasteiger partial charge is 0.402 e. The minimum Gasteiger partial charge on any atom is -0.402 e. The molecule has 0 spiro atoms. The molecule has 96 valence electrons. The summed E-state index contributed by atoms with van der Waals surface area (Å²) in [5.41, 5.74) is 4.40. The van der Waals surface area contributed by atoms with Crippen LogP contribution in [0.4, 0.5) is 18.9 Å². The Balaban J connectivity index is 3.40. The Morgan fingerprint density at radius 2 is 2.00 bits per heavy atom. The first-order valence-corrected chi connectivity index (χ1v) is 6.29. The lowest BCUT2D eigenvalue weighted by atomic mass is 10.3. The van der Waals surface area contributed by atoms with E-state index in [-0.39, 0.29) is 5.69 Å². The van der Waals surface area contributed by atoms with Gasteiger partial charge in [-0.05, 0) is 6.92 Å². The van der Waals surface area contributed by atoms with Crippen molar-refractivity contribution in [1.29, 1.82) is 0 Å². The van der Waals surface area contributed by atoms with E-state index >= 15 is 0 Å². The predicted molar refractivity (Wildman–Crippen MR) is 53.1 cm³/mol. The van der Waals surface area contributed by atoms with Gasteiger partial charge in [-0.15, -0.1) is 13.2 Å². The van der Waals surface area contributed by atoms with E-state index in [2.05, 4.69) is 9.72 Å². The van der Waals surface area contributed by atoms with E-state index < -0.39 is 31.7 Å². The summed E-state index contributed by atoms with van der Waals surface area (Å²) in [5, 5.41) is 0. The molecule has 0 saturated carbocycles. The molecule has 5 nitrogen and oxygen atoms in total. The zero-order valence-electron chi connectivity index (χ0n) is 8.25. The van der Waals surface area contributed by atoms with Crippen molar-refractivity contribution in [2.75, 3.05) is 5.73 Å². The minimum atomic E-state index is -5.00. The second-order valence-electron chi connectivity index (χ2n) is 2.94. The number of anilines is 1. The second-order valence-corrected chi connectivity index (χ2v) is 5.44. The molecule has 0 atom stereocenters. The molecular weight excluding hydrogens is 285 g/mol. The first-order chi connectivity index (χ1) is 7.52. The Kier molecular flexibility index (Phi) is 3.44. The highest BCUT2D eigenvalue weighted by Crippen LogP contribution is 2.35. The quantitative estimate of drug-likeness (QED) is 0.840. The zero-order chi connectivity index (χ0) is 13.4. The van der Waals surface area contributed by atoms with E-state index in [4.69, 9.17) is 16.4 Å². The van der Waals surface area contributed by atoms with Gasteiger partial charge in [0.15, 0.2) is 5.75 Å². The van der Waals surface area contributed by atoms with Gasteiger partial charge in [0.1, 0.15) is 4.90 Å². The number of hydrogen-bond acceptors (Lipinski definition) is 5. The molecule has 2 N–H and O–H groups in total. The summed E-state index contributed by atoms with van der Waals surface area (Å²) in [5.74, 6) is -0.915. The zero-order valence-corrected chi connectivity index (χ0v) is 9.82. The molecule has 0 aliphatic heterocycles. The van der Waals surface area contributed by atoms with Gasteiger partial charge in [0.2, 0.25) is 0 Å². The van der Waals surface area contributed by atoms with Gasteiger partial charge < -0.3 is 10.5 Å². The molecule has 0 bridgehead atoms. The topological polar surface area (TPSA) is 82.3 Å². The van der Waals surface area contributed by atoms with Crippen LogP contribution in [0.25, 0.3) is 0 Å². The summed E-state index contributed by atoms with van der Waals surface area (Å²) < 4.78 is 61.6. The number of hydrogen-bond donors (Lipinski definition) is 1. The standard InChI is InChI=1S/C7H6ClF3N2O3S/c1-3-6(17(8,14)15)5(12)4(2-13-3)16-7(9,10)11/h2H,1H3,(H2,12,13). The third kappa shape index (κ3) is 3.37. The molecule has 1 rings (SSSR count). The number of nitrogens with two attached hydrogens (primary N) is 1. The minimum absolute atomic E-state index is 0.118. The van der Waals surface area contributed by atoms with Crippen LogP contribution in [0.5, 0.6) is 5.75 Å². The van der Waals surface area contributed by atoms with E-state index in [1.807, 2.05) is 0 Å². The van der Waals surface area contributed by atoms with Crippen LogP contribution in [0, 0.1) is 6.92 Å². The highest BCUT2D eigenvalue weighted by atomic mass is 35.7. The van der Waals surface area contributed by atoms with Crippen molar-refractivity contribution >= 4 is 25.4 Å². The molecule has 1 aromatic heterocycles. The molecule has 0 unspecified atom stereocenters. The number of aryl methyl sites for hydroxylation is 1. The Hall–Kier alpha value is -1.22. The van der Waals surface area contributed by atoms with Gasteiger partial charge in [-0.2, -0.15) is 0 Å². The lowest BCUT2D eigenvalue weighted by Gasteiger charge is -2.13. The fourth-order valence-electron chi connectivity index (χ4n) is 1.10. The summed E-state index contributed by atoms with van der Waals surface area (Å²) in [7, 11) is 0.723. The maximum absolute atomic E-state index is 12.0. The third-order valence-corrected chi connectivity index (χ3v) is 3.15. The van der Waals surface area contributed by atoms with E-state index in [9.17, 15) is 21.6 Å². The number of alkyl halides is 3. The van der Waals surface area contributed by atoms with Crippen molar-refractivity contribution in [3.05, 3.63) is 11.9 Å². The molecule has 0 saturated heterocycles. The average molecular weight is 291 g/mol. The summed E-state index contributed by atoms with van der Waals surface area (Å²) in [6, 6.07) is 0. The van der Waals surface area contributed by atoms with Crippen molar-refractivity contribution in [1.82, 2.24) is 4.98 Å². The molecule has 0 fully saturated rings. The SMILES string of the molecule is Cc1ncc(OC(F)(F)F)c(N)c1S(=O)(=O)Cl. The van der Waals surface area contributed by atoms with Crippen LogP contribution in [0.2, 0.25) is 0 Å². The number of nitrogen functional groups attached to an aromatic ring is 1. The lowest BCUT2D eigenvalue weighted by molar-refractivity contribution is -0.274. The summed E-state index contributed by atoms with van der Waals surface area (Å²) in [6.45, 7) is 1.24. The maximum Gasteiger partial charge on any atom is 0.573 e. The van der Waals surface area contributed by atoms with Crippen molar-refractivity contribution in [2.45, 2.75) is 18.2 Å². The third-order valence-electron chi connectivity index (χ3n) is 1.68. The molecule has 0 aromatic carbocycles. The monoisotopic (exact) mass is 290 g/mol. The van der Waals surface area contributed by atoms with Gasteiger partial charge in [-0.25, -0.2) is 8.42 Å². The highest BCUT2D eigenvalue weighted by Gasteiger charge is 2.33. The van der Waals surface area contributed by atoms with Gasteiger partial charge in [0, 0.05) is 10.7 Å². The number of nitrogens with zero attached hydrogens (tertiary/aromatic N) is 1. The van der Waals surface area contributed by atoms with E-state index in [1.165, 1.54) is 6.92 Å². The summed E-state index contributed by atoms with van der Waals surface area (Å²) in [6.07, 6.45) is -4.33. The number of aromatic nitrogens is 1. The molecule has 1 heterocycles. The van der Waals surface area contributed by atoms with Crippen LogP contribution in [0.15, 0.2) is 11.1 Å². The van der Waals surface area contributed by atoms with Crippen molar-refractivity contribution < 1.29 is 26.3 Å². The van der Waals surface area contributed by atoms with Crippen LogP contribution < -0.4 is 10.5 Å². The highest BCUT2D eigenvalue weighted by molar-refractivity contribution is 8.13. The second kappa shape index (κ2) is 4.22. The molecule has 0 aliphatic rings. The van der Waals surface area contributed by atoms with Gasteiger partial charge >= 0.3 is 6.36 Å². The first-order valence-electron chi connectivity index (χ1n) is 3.98. The van der Waals surface area contributed by atoms with E-state index in [0.29, 0.717) is 6.20 Å². The van der Waals surface area contributed by atoms with Crippen LogP contribution >= 0.6 is 10.7 Å². The fourth-order valence-corrected chi connectivity index (χ4v) is 2.46. The number of ether oxygens (including phenoxy) is 1. The number of rotatable bonds is 2. The van der Waals surface area contributed by atoms with Crippen molar-refractivity contribution in [3.63, 3.8) is 0 Å². The van der Waals surface area contributed by atoms with Crippen LogP contribution in [0.1, 0.15) is 5.69 Å². The Bertz CT molecular complexity index is 544. The van der Waals surface area contributed by atoms with Crippen molar-refractivity contribution in [2.24, 2.45) is 0 Å². The summed E-state index contributed by atoms with van der Waals surface area (Å²) >= 11 is 0. The van der Waals surface area contributed by atoms with Gasteiger partial charge in [-0.1, -0.05) is 0 Å². The molecule has 0 radical (unpaired) electrons. The molecule has 10 heteroatoms. The first kappa shape index (κ1) is 13.8. The average Bonchev–Trinajstić information content (AvgIpc) is 2.06. The maximum atomic E-state index is 12.0. The lowest BCUT2D eigenvalue weighted by Crippen LogP contribution is -2.19. The molecule has 17 heavy (non-hydrogen) atoms. The Labute approximate surface area is 98.8 Å². The normalized spacial score (nSPS) is 12.5. The number of halogens is 4. The van der Waals surface area contributed by atoms with Crippen LogP contribution in [-0.2, 0) is 9.05 Å². The Morgan fingerprint density at radius 1 is 1.47 bits per heavy atom. The van der Waals surface area contributed by atoms with Crippen LogP contribution in [-0.4, -0.2) is 19.8 Å². The Morgan fingerprint density at radius 3 is 2.41 bits per heavy atom. The van der Waals surface area contributed by atoms with E-state index in [1.54, 1.807) is 0 Å². The van der Waals surface area contributed by atoms with Gasteiger partial charge in [0.05, 0.1) is 17.6 Å². The van der Waals surface area contributed by atoms with Gasteiger partial charge in [0.25, 0.3) is 9.05 Å². The molecular formula is C7H6ClF3N2O3S. The molecule has 1 aromatic rings. The fraction of sp³-hybridized carbons (Fsp3) is 0.286. The van der Waals surface area contributed by atoms with Crippen molar-refractivity contribution in [3.8, 4) is 5.75 Å². The van der Waals surface area contributed by atoms with Gasteiger partial charge in [-0.3, -0.25) is 4.98 Å². The largest absolute Gasteiger partial charge is 0.573 e. The van der Waals surface area contributed by atoms with E-state index in [0.717, 1.165) is 0 Å². The molecule has 0 aliphatic carbocycles. The predicted octanol–water partition coefficient (Wildman–Crippen LogP) is 1.80. The number of pyridine rings is 1. The van der Waals surface area contributed by atoms with Crippen LogP contribution in [0.3, 0.4) is 0 Å².